The molecule has 0 saturated heterocycles. The molecule has 3 rings (SSSR count). The Morgan fingerprint density at radius 2 is 2.12 bits per heavy atom. The Morgan fingerprint density at radius 1 is 1.42 bits per heavy atom. The summed E-state index contributed by atoms with van der Waals surface area (Å²) >= 11 is 1.85. The van der Waals surface area contributed by atoms with Crippen LogP contribution >= 0.6 is 22.6 Å². The highest BCUT2D eigenvalue weighted by Crippen LogP contribution is 2.34. The number of carbonyl (C=O) groups excluding carboxylic acids is 1. The average Bonchev–Trinajstić information content (AvgIpc) is 3.32. The summed E-state index contributed by atoms with van der Waals surface area (Å²) in [6.07, 6.45) is 1.68. The maximum Gasteiger partial charge on any atom is 0.360 e. The number of nitrogens with one attached hydrogen (secondary N) is 1. The largest absolute Gasteiger partial charge is 0.492 e. The van der Waals surface area contributed by atoms with E-state index in [9.17, 15) is 18.0 Å². The van der Waals surface area contributed by atoms with E-state index in [2.05, 4.69) is 5.10 Å². The van der Waals surface area contributed by atoms with Crippen LogP contribution in [0.3, 0.4) is 0 Å². The minimum absolute atomic E-state index is 0.0280. The van der Waals surface area contributed by atoms with Crippen LogP contribution in [-0.2, 0) is 10.0 Å². The van der Waals surface area contributed by atoms with Gasteiger partial charge in [-0.3, -0.25) is 4.57 Å². The first-order valence-electron chi connectivity index (χ1n) is 7.93. The number of amides is 1. The van der Waals surface area contributed by atoms with Crippen LogP contribution in [0.25, 0.3) is 0 Å². The molecule has 1 aromatic carbocycles. The molecule has 0 bridgehead atoms. The van der Waals surface area contributed by atoms with Crippen molar-refractivity contribution in [1.82, 2.24) is 19.1 Å². The van der Waals surface area contributed by atoms with Crippen LogP contribution in [0.4, 0.5) is 4.79 Å². The highest BCUT2D eigenvalue weighted by atomic mass is 127. The topological polar surface area (TPSA) is 112 Å². The third kappa shape index (κ3) is 3.49. The van der Waals surface area contributed by atoms with Crippen molar-refractivity contribution in [3.63, 3.8) is 0 Å². The van der Waals surface area contributed by atoms with E-state index >= 15 is 0 Å². The predicted octanol–water partition coefficient (Wildman–Crippen LogP) is 1.64. The maximum atomic E-state index is 12.7. The molecule has 1 heterocycles. The van der Waals surface area contributed by atoms with E-state index in [-0.39, 0.29) is 23.3 Å². The molecule has 0 spiro atoms. The van der Waals surface area contributed by atoms with E-state index < -0.39 is 21.7 Å². The summed E-state index contributed by atoms with van der Waals surface area (Å²) in [4.78, 5) is 24.6. The minimum atomic E-state index is -4.26. The number of halogens is 1. The molecule has 1 aliphatic rings. The summed E-state index contributed by atoms with van der Waals surface area (Å²) in [6.45, 7) is 3.59. The van der Waals surface area contributed by atoms with E-state index in [1.807, 2.05) is 27.3 Å². The molecular weight excluding hydrogens is 475 g/mol. The Morgan fingerprint density at radius 3 is 2.73 bits per heavy atom. The number of rotatable bonds is 5. The number of ether oxygens (including phenoxy) is 1. The summed E-state index contributed by atoms with van der Waals surface area (Å²) in [5, 5.41) is 3.89. The van der Waals surface area contributed by atoms with Gasteiger partial charge in [-0.05, 0) is 61.4 Å². The zero-order valence-electron chi connectivity index (χ0n) is 14.1. The quantitative estimate of drug-likeness (QED) is 0.636. The van der Waals surface area contributed by atoms with Crippen LogP contribution in [0.1, 0.15) is 31.6 Å². The molecule has 11 heteroatoms. The number of carbonyl (C=O) groups is 1. The molecule has 26 heavy (non-hydrogen) atoms. The number of sulfonamides is 1. The first kappa shape index (κ1) is 18.9. The molecule has 1 saturated carbocycles. The Kier molecular flexibility index (Phi) is 5.10. The van der Waals surface area contributed by atoms with Crippen molar-refractivity contribution >= 4 is 38.6 Å². The highest BCUT2D eigenvalue weighted by molar-refractivity contribution is 14.1. The monoisotopic (exact) mass is 492 g/mol. The third-order valence-electron chi connectivity index (χ3n) is 3.81. The van der Waals surface area contributed by atoms with Gasteiger partial charge in [-0.25, -0.2) is 22.7 Å². The highest BCUT2D eigenvalue weighted by Gasteiger charge is 2.31. The lowest BCUT2D eigenvalue weighted by Gasteiger charge is -2.13. The van der Waals surface area contributed by atoms with Gasteiger partial charge in [-0.1, -0.05) is 6.07 Å². The molecule has 1 aliphatic carbocycles. The molecule has 2 aromatic rings. The lowest BCUT2D eigenvalue weighted by molar-refractivity contribution is 0.243. The lowest BCUT2D eigenvalue weighted by Crippen LogP contribution is -2.41. The first-order valence-corrected chi connectivity index (χ1v) is 10.5. The van der Waals surface area contributed by atoms with Crippen molar-refractivity contribution < 1.29 is 17.9 Å². The molecule has 0 atom stereocenters. The van der Waals surface area contributed by atoms with Crippen LogP contribution in [0.15, 0.2) is 27.9 Å². The minimum Gasteiger partial charge on any atom is -0.492 e. The van der Waals surface area contributed by atoms with E-state index in [0.717, 1.165) is 12.8 Å². The van der Waals surface area contributed by atoms with Gasteiger partial charge in [0.1, 0.15) is 16.5 Å². The van der Waals surface area contributed by atoms with Crippen molar-refractivity contribution in [2.45, 2.75) is 37.6 Å². The van der Waals surface area contributed by atoms with Gasteiger partial charge in [-0.15, -0.1) is 9.78 Å². The standard InChI is InChI=1S/C15H17IN4O5S/c1-3-25-12-6-4-5-11(16)13(12)26(23,24)18-14(21)20-15(22)19(9(2)17-20)10-7-8-10/h4-6,10H,3,7-8H2,1-2H3,(H,18,21). The van der Waals surface area contributed by atoms with E-state index in [1.54, 1.807) is 26.0 Å². The van der Waals surface area contributed by atoms with Crippen LogP contribution < -0.4 is 15.1 Å². The molecule has 0 aliphatic heterocycles. The van der Waals surface area contributed by atoms with Gasteiger partial charge in [0.2, 0.25) is 0 Å². The normalized spacial score (nSPS) is 14.3. The number of nitrogens with zero attached hydrogens (tertiary/aromatic N) is 3. The Labute approximate surface area is 163 Å². The van der Waals surface area contributed by atoms with Crippen molar-refractivity contribution in [2.24, 2.45) is 0 Å². The molecule has 140 valence electrons. The van der Waals surface area contributed by atoms with Crippen molar-refractivity contribution in [1.29, 1.82) is 0 Å². The van der Waals surface area contributed by atoms with Crippen LogP contribution in [0, 0.1) is 10.5 Å². The summed E-state index contributed by atoms with van der Waals surface area (Å²) in [5.74, 6) is 0.501. The summed E-state index contributed by atoms with van der Waals surface area (Å²) in [6, 6.07) is 3.64. The first-order chi connectivity index (χ1) is 12.3. The predicted molar refractivity (Wildman–Crippen MR) is 101 cm³/mol. The van der Waals surface area contributed by atoms with E-state index in [1.165, 1.54) is 10.6 Å². The van der Waals surface area contributed by atoms with Gasteiger partial charge in [0.25, 0.3) is 10.0 Å². The SMILES string of the molecule is CCOc1cccc(I)c1S(=O)(=O)NC(=O)n1nc(C)n(C2CC2)c1=O. The fraction of sp³-hybridized carbons (Fsp3) is 0.400. The molecular formula is C15H17IN4O5S. The second kappa shape index (κ2) is 7.02. The number of aromatic nitrogens is 3. The Bertz CT molecular complexity index is 1020. The second-order valence-corrected chi connectivity index (χ2v) is 8.53. The second-order valence-electron chi connectivity index (χ2n) is 5.75. The average molecular weight is 492 g/mol. The smallest absolute Gasteiger partial charge is 0.360 e. The summed E-state index contributed by atoms with van der Waals surface area (Å²) in [5.41, 5.74) is -0.648. The Hall–Kier alpha value is -1.89. The van der Waals surface area contributed by atoms with Gasteiger partial charge in [0, 0.05) is 9.61 Å². The van der Waals surface area contributed by atoms with Crippen LogP contribution in [0.2, 0.25) is 0 Å². The maximum absolute atomic E-state index is 12.7. The van der Waals surface area contributed by atoms with E-state index in [4.69, 9.17) is 4.74 Å². The van der Waals surface area contributed by atoms with Crippen molar-refractivity contribution in [2.75, 3.05) is 6.61 Å². The van der Waals surface area contributed by atoms with Gasteiger partial charge in [0.05, 0.1) is 6.61 Å². The van der Waals surface area contributed by atoms with Crippen LogP contribution in [-0.4, -0.2) is 35.4 Å². The Balaban J connectivity index is 1.95. The summed E-state index contributed by atoms with van der Waals surface area (Å²) < 4.78 is 35.0. The van der Waals surface area contributed by atoms with E-state index in [0.29, 0.717) is 14.1 Å². The van der Waals surface area contributed by atoms with Gasteiger partial charge >= 0.3 is 11.7 Å². The zero-order chi connectivity index (χ0) is 19.1. The molecule has 1 fully saturated rings. The third-order valence-corrected chi connectivity index (χ3v) is 6.47. The van der Waals surface area contributed by atoms with Gasteiger partial charge < -0.3 is 4.74 Å². The zero-order valence-corrected chi connectivity index (χ0v) is 17.1. The number of aryl methyl sites for hydroxylation is 1. The fourth-order valence-corrected chi connectivity index (χ4v) is 5.07. The van der Waals surface area contributed by atoms with Gasteiger partial charge in [-0.2, -0.15) is 0 Å². The molecule has 9 nitrogen and oxygen atoms in total. The molecule has 0 unspecified atom stereocenters. The lowest BCUT2D eigenvalue weighted by atomic mass is 10.3. The molecule has 1 aromatic heterocycles. The number of benzene rings is 1. The fourth-order valence-electron chi connectivity index (χ4n) is 2.59. The van der Waals surface area contributed by atoms with Crippen molar-refractivity contribution in [3.05, 3.63) is 38.1 Å². The number of hydrogen-bond acceptors (Lipinski definition) is 6. The van der Waals surface area contributed by atoms with Crippen molar-refractivity contribution in [3.8, 4) is 5.75 Å². The summed E-state index contributed by atoms with van der Waals surface area (Å²) in [7, 11) is -4.26. The number of hydrogen-bond donors (Lipinski definition) is 1. The molecule has 0 radical (unpaired) electrons. The van der Waals surface area contributed by atoms with Gasteiger partial charge in [0.15, 0.2) is 0 Å². The van der Waals surface area contributed by atoms with Crippen LogP contribution in [0.5, 0.6) is 5.75 Å². The molecule has 1 amide bonds. The molecule has 1 N–H and O–H groups in total.